The molecule has 1 N–H and O–H groups in total. The van der Waals surface area contributed by atoms with Gasteiger partial charge in [0, 0.05) is 26.1 Å². The van der Waals surface area contributed by atoms with Crippen LogP contribution in [-0.4, -0.2) is 25.9 Å². The SMILES string of the molecule is CNC(=O)CC1(C)C(=O)N(C)c2c(-c3ccccc3)cccc21. The second-order valence-electron chi connectivity index (χ2n) is 6.11. The third-order valence-corrected chi connectivity index (χ3v) is 4.62. The number of nitrogens with one attached hydrogen (secondary N) is 1. The first kappa shape index (κ1) is 15.3. The molecule has 1 aliphatic rings. The first-order chi connectivity index (χ1) is 11.0. The molecule has 0 radical (unpaired) electrons. The molecule has 0 bridgehead atoms. The number of amides is 2. The summed E-state index contributed by atoms with van der Waals surface area (Å²) in [5.74, 6) is -0.174. The average molecular weight is 308 g/mol. The fraction of sp³-hybridized carbons (Fsp3) is 0.263. The van der Waals surface area contributed by atoms with Gasteiger partial charge in [-0.2, -0.15) is 0 Å². The number of anilines is 1. The lowest BCUT2D eigenvalue weighted by molar-refractivity contribution is -0.128. The Bertz CT molecular complexity index is 770. The molecule has 118 valence electrons. The van der Waals surface area contributed by atoms with Gasteiger partial charge in [0.2, 0.25) is 11.8 Å². The Morgan fingerprint density at radius 3 is 2.48 bits per heavy atom. The van der Waals surface area contributed by atoms with Crippen LogP contribution in [0.15, 0.2) is 48.5 Å². The van der Waals surface area contributed by atoms with Crippen molar-refractivity contribution in [2.45, 2.75) is 18.8 Å². The highest BCUT2D eigenvalue weighted by atomic mass is 16.2. The van der Waals surface area contributed by atoms with Crippen LogP contribution in [-0.2, 0) is 15.0 Å². The van der Waals surface area contributed by atoms with E-state index in [2.05, 4.69) is 5.32 Å². The van der Waals surface area contributed by atoms with Gasteiger partial charge in [-0.25, -0.2) is 0 Å². The summed E-state index contributed by atoms with van der Waals surface area (Å²) in [6.07, 6.45) is 0.151. The molecular formula is C19H20N2O2. The summed E-state index contributed by atoms with van der Waals surface area (Å²) in [5, 5.41) is 2.62. The number of carbonyl (C=O) groups is 2. The summed E-state index contributed by atoms with van der Waals surface area (Å²) in [7, 11) is 3.37. The molecule has 3 rings (SSSR count). The largest absolute Gasteiger partial charge is 0.359 e. The molecule has 1 aliphatic heterocycles. The molecule has 0 spiro atoms. The Kier molecular flexibility index (Phi) is 3.68. The molecule has 2 aromatic rings. The molecule has 0 saturated heterocycles. The third kappa shape index (κ3) is 2.31. The number of hydrogen-bond donors (Lipinski definition) is 1. The van der Waals surface area contributed by atoms with Crippen molar-refractivity contribution in [1.82, 2.24) is 5.32 Å². The molecule has 4 nitrogen and oxygen atoms in total. The summed E-state index contributed by atoms with van der Waals surface area (Å²) >= 11 is 0. The van der Waals surface area contributed by atoms with E-state index in [0.29, 0.717) is 0 Å². The van der Waals surface area contributed by atoms with Gasteiger partial charge >= 0.3 is 0 Å². The average Bonchev–Trinajstić information content (AvgIpc) is 2.77. The maximum atomic E-state index is 12.9. The topological polar surface area (TPSA) is 49.4 Å². The second kappa shape index (κ2) is 5.54. The van der Waals surface area contributed by atoms with E-state index in [1.165, 1.54) is 0 Å². The van der Waals surface area contributed by atoms with Gasteiger partial charge in [-0.05, 0) is 18.1 Å². The highest BCUT2D eigenvalue weighted by molar-refractivity contribution is 6.12. The Morgan fingerprint density at radius 1 is 1.13 bits per heavy atom. The monoisotopic (exact) mass is 308 g/mol. The molecule has 1 atom stereocenters. The molecular weight excluding hydrogens is 288 g/mol. The van der Waals surface area contributed by atoms with Crippen molar-refractivity contribution in [3.05, 3.63) is 54.1 Å². The normalized spacial score (nSPS) is 19.6. The van der Waals surface area contributed by atoms with Crippen molar-refractivity contribution in [2.75, 3.05) is 19.0 Å². The molecule has 1 unspecified atom stereocenters. The molecule has 2 amide bonds. The fourth-order valence-corrected chi connectivity index (χ4v) is 3.37. The number of rotatable bonds is 3. The smallest absolute Gasteiger partial charge is 0.237 e. The molecule has 4 heteroatoms. The lowest BCUT2D eigenvalue weighted by atomic mass is 9.79. The number of para-hydroxylation sites is 1. The Balaban J connectivity index is 2.18. The first-order valence-corrected chi connectivity index (χ1v) is 7.66. The van der Waals surface area contributed by atoms with Crippen LogP contribution in [0.25, 0.3) is 11.1 Å². The van der Waals surface area contributed by atoms with Gasteiger partial charge in [0.25, 0.3) is 0 Å². The molecule has 1 heterocycles. The highest BCUT2D eigenvalue weighted by Gasteiger charge is 2.48. The summed E-state index contributed by atoms with van der Waals surface area (Å²) < 4.78 is 0. The van der Waals surface area contributed by atoms with Gasteiger partial charge < -0.3 is 10.2 Å². The van der Waals surface area contributed by atoms with E-state index in [0.717, 1.165) is 22.4 Å². The highest BCUT2D eigenvalue weighted by Crippen LogP contribution is 2.47. The number of fused-ring (bicyclic) bond motifs is 1. The summed E-state index contributed by atoms with van der Waals surface area (Å²) in [6.45, 7) is 1.85. The van der Waals surface area contributed by atoms with Crippen molar-refractivity contribution < 1.29 is 9.59 Å². The zero-order chi connectivity index (χ0) is 16.6. The summed E-state index contributed by atoms with van der Waals surface area (Å²) in [5.41, 5.74) is 3.06. The van der Waals surface area contributed by atoms with Crippen LogP contribution in [0, 0.1) is 0 Å². The van der Waals surface area contributed by atoms with Crippen molar-refractivity contribution in [3.8, 4) is 11.1 Å². The van der Waals surface area contributed by atoms with Crippen LogP contribution in [0.2, 0.25) is 0 Å². The van der Waals surface area contributed by atoms with Crippen LogP contribution in [0.1, 0.15) is 18.9 Å². The van der Waals surface area contributed by atoms with Crippen LogP contribution < -0.4 is 10.2 Å². The predicted octanol–water partition coefficient (Wildman–Crippen LogP) is 2.72. The van der Waals surface area contributed by atoms with Gasteiger partial charge in [0.1, 0.15) is 0 Å². The third-order valence-electron chi connectivity index (χ3n) is 4.62. The van der Waals surface area contributed by atoms with Gasteiger partial charge in [0.15, 0.2) is 0 Å². The molecule has 0 aromatic heterocycles. The van der Waals surface area contributed by atoms with E-state index in [9.17, 15) is 9.59 Å². The number of hydrogen-bond acceptors (Lipinski definition) is 2. The molecule has 2 aromatic carbocycles. The van der Waals surface area contributed by atoms with E-state index < -0.39 is 5.41 Å². The van der Waals surface area contributed by atoms with E-state index in [4.69, 9.17) is 0 Å². The van der Waals surface area contributed by atoms with Crippen molar-refractivity contribution in [1.29, 1.82) is 0 Å². The minimum atomic E-state index is -0.824. The predicted molar refractivity (Wildman–Crippen MR) is 91.3 cm³/mol. The maximum absolute atomic E-state index is 12.9. The molecule has 0 saturated carbocycles. The summed E-state index contributed by atoms with van der Waals surface area (Å²) in [6, 6.07) is 15.9. The zero-order valence-electron chi connectivity index (χ0n) is 13.6. The van der Waals surface area contributed by atoms with Crippen LogP contribution in [0.5, 0.6) is 0 Å². The van der Waals surface area contributed by atoms with Gasteiger partial charge in [-0.3, -0.25) is 9.59 Å². The number of likely N-dealkylation sites (N-methyl/N-ethyl adjacent to an activating group) is 1. The van der Waals surface area contributed by atoms with E-state index in [-0.39, 0.29) is 18.2 Å². The molecule has 0 aliphatic carbocycles. The maximum Gasteiger partial charge on any atom is 0.237 e. The van der Waals surface area contributed by atoms with Crippen molar-refractivity contribution >= 4 is 17.5 Å². The zero-order valence-corrected chi connectivity index (χ0v) is 13.6. The van der Waals surface area contributed by atoms with Crippen molar-refractivity contribution in [2.24, 2.45) is 0 Å². The number of carbonyl (C=O) groups excluding carboxylic acids is 2. The minimum Gasteiger partial charge on any atom is -0.359 e. The van der Waals surface area contributed by atoms with Gasteiger partial charge in [0.05, 0.1) is 11.1 Å². The van der Waals surface area contributed by atoms with E-state index in [1.54, 1.807) is 19.0 Å². The van der Waals surface area contributed by atoms with Crippen molar-refractivity contribution in [3.63, 3.8) is 0 Å². The molecule has 23 heavy (non-hydrogen) atoms. The molecule has 0 fully saturated rings. The van der Waals surface area contributed by atoms with Crippen LogP contribution in [0.3, 0.4) is 0 Å². The summed E-state index contributed by atoms with van der Waals surface area (Å²) in [4.78, 5) is 26.5. The Morgan fingerprint density at radius 2 is 1.83 bits per heavy atom. The van der Waals surface area contributed by atoms with Crippen LogP contribution >= 0.6 is 0 Å². The Hall–Kier alpha value is -2.62. The van der Waals surface area contributed by atoms with Crippen LogP contribution in [0.4, 0.5) is 5.69 Å². The number of nitrogens with zero attached hydrogens (tertiary/aromatic N) is 1. The number of benzene rings is 2. The first-order valence-electron chi connectivity index (χ1n) is 7.66. The quantitative estimate of drug-likeness (QED) is 0.948. The minimum absolute atomic E-state index is 0.0421. The van der Waals surface area contributed by atoms with Gasteiger partial charge in [-0.15, -0.1) is 0 Å². The van der Waals surface area contributed by atoms with E-state index >= 15 is 0 Å². The fourth-order valence-electron chi connectivity index (χ4n) is 3.37. The van der Waals surface area contributed by atoms with Gasteiger partial charge in [-0.1, -0.05) is 48.5 Å². The second-order valence-corrected chi connectivity index (χ2v) is 6.11. The van der Waals surface area contributed by atoms with E-state index in [1.807, 2.05) is 55.5 Å². The lowest BCUT2D eigenvalue weighted by Gasteiger charge is -2.22. The standard InChI is InChI=1S/C19H20N2O2/c1-19(12-16(22)20-2)15-11-7-10-14(13-8-5-4-6-9-13)17(15)21(3)18(19)23/h4-11H,12H2,1-3H3,(H,20,22). The Labute approximate surface area is 136 Å². The lowest BCUT2D eigenvalue weighted by Crippen LogP contribution is -2.40.